The minimum Gasteiger partial charge on any atom is -0.469 e. The third-order valence-corrected chi connectivity index (χ3v) is 5.53. The van der Waals surface area contributed by atoms with Gasteiger partial charge in [-0.1, -0.05) is 36.0 Å². The molecule has 0 radical (unpaired) electrons. The second-order valence-corrected chi connectivity index (χ2v) is 7.94. The van der Waals surface area contributed by atoms with Crippen molar-refractivity contribution < 1.29 is 13.6 Å². The summed E-state index contributed by atoms with van der Waals surface area (Å²) in [6.45, 7) is 3.63. The Morgan fingerprint density at radius 1 is 1.13 bits per heavy atom. The van der Waals surface area contributed by atoms with E-state index in [0.29, 0.717) is 16.7 Å². The number of para-hydroxylation sites is 1. The van der Waals surface area contributed by atoms with Crippen LogP contribution < -0.4 is 5.32 Å². The normalized spacial score (nSPS) is 12.0. The van der Waals surface area contributed by atoms with Crippen molar-refractivity contribution >= 4 is 23.4 Å². The molecule has 4 rings (SSSR count). The maximum atomic E-state index is 13.4. The average molecular weight is 422 g/mol. The Morgan fingerprint density at radius 2 is 1.93 bits per heavy atom. The molecule has 0 saturated heterocycles. The number of hydrogen-bond donors (Lipinski definition) is 1. The van der Waals surface area contributed by atoms with Crippen LogP contribution in [0.3, 0.4) is 0 Å². The number of thioether (sulfide) groups is 1. The lowest BCUT2D eigenvalue weighted by Gasteiger charge is -2.14. The van der Waals surface area contributed by atoms with Crippen LogP contribution in [0.4, 0.5) is 10.1 Å². The highest BCUT2D eigenvalue weighted by Gasteiger charge is 2.23. The van der Waals surface area contributed by atoms with Crippen LogP contribution in [0.15, 0.2) is 76.5 Å². The molecule has 1 N–H and O–H groups in total. The zero-order valence-electron chi connectivity index (χ0n) is 16.4. The quantitative estimate of drug-likeness (QED) is 0.438. The number of rotatable bonds is 6. The predicted octanol–water partition coefficient (Wildman–Crippen LogP) is 5.09. The van der Waals surface area contributed by atoms with E-state index < -0.39 is 11.1 Å². The summed E-state index contributed by atoms with van der Waals surface area (Å²) in [5, 5.41) is 11.5. The fourth-order valence-electron chi connectivity index (χ4n) is 2.97. The number of furan rings is 1. The van der Waals surface area contributed by atoms with Gasteiger partial charge >= 0.3 is 0 Å². The monoisotopic (exact) mass is 422 g/mol. The molecular weight excluding hydrogens is 403 g/mol. The van der Waals surface area contributed by atoms with E-state index in [-0.39, 0.29) is 5.91 Å². The molecule has 1 atom stereocenters. The number of benzene rings is 2. The second-order valence-electron chi connectivity index (χ2n) is 6.63. The summed E-state index contributed by atoms with van der Waals surface area (Å²) in [6.07, 6.45) is 1.61. The van der Waals surface area contributed by atoms with Gasteiger partial charge in [-0.15, -0.1) is 10.2 Å². The second kappa shape index (κ2) is 8.54. The SMILES string of the molecule is Cc1occc1-c1nnc(SC(C)C(=O)Nc2cccc(F)c2)n1-c1ccccc1. The van der Waals surface area contributed by atoms with Gasteiger partial charge in [0.2, 0.25) is 5.91 Å². The molecule has 152 valence electrons. The fourth-order valence-corrected chi connectivity index (χ4v) is 3.84. The van der Waals surface area contributed by atoms with Crippen molar-refractivity contribution in [2.75, 3.05) is 5.32 Å². The van der Waals surface area contributed by atoms with Crippen molar-refractivity contribution in [2.24, 2.45) is 0 Å². The lowest BCUT2D eigenvalue weighted by molar-refractivity contribution is -0.115. The van der Waals surface area contributed by atoms with E-state index in [9.17, 15) is 9.18 Å². The van der Waals surface area contributed by atoms with Gasteiger partial charge in [-0.3, -0.25) is 9.36 Å². The first-order valence-corrected chi connectivity index (χ1v) is 10.2. The Labute approximate surface area is 177 Å². The maximum Gasteiger partial charge on any atom is 0.237 e. The van der Waals surface area contributed by atoms with Crippen molar-refractivity contribution in [3.8, 4) is 17.1 Å². The standard InChI is InChI=1S/C22H19FN4O2S/c1-14-19(11-12-29-14)20-25-26-22(27(20)18-9-4-3-5-10-18)30-15(2)21(28)24-17-8-6-7-16(23)13-17/h3-13,15H,1-2H3,(H,24,28). The van der Waals surface area contributed by atoms with Gasteiger partial charge in [-0.05, 0) is 50.2 Å². The van der Waals surface area contributed by atoms with Crippen LogP contribution in [0, 0.1) is 12.7 Å². The summed E-state index contributed by atoms with van der Waals surface area (Å²) in [5.41, 5.74) is 2.11. The third-order valence-electron chi connectivity index (χ3n) is 4.49. The van der Waals surface area contributed by atoms with Crippen molar-refractivity contribution in [2.45, 2.75) is 24.3 Å². The third kappa shape index (κ3) is 4.13. The van der Waals surface area contributed by atoms with E-state index in [2.05, 4.69) is 15.5 Å². The number of carbonyl (C=O) groups excluding carboxylic acids is 1. The van der Waals surface area contributed by atoms with Gasteiger partial charge in [-0.2, -0.15) is 0 Å². The smallest absolute Gasteiger partial charge is 0.237 e. The topological polar surface area (TPSA) is 72.9 Å². The van der Waals surface area contributed by atoms with E-state index >= 15 is 0 Å². The first kappa shape index (κ1) is 19.9. The summed E-state index contributed by atoms with van der Waals surface area (Å²) in [7, 11) is 0. The number of nitrogens with one attached hydrogen (secondary N) is 1. The largest absolute Gasteiger partial charge is 0.469 e. The van der Waals surface area contributed by atoms with Crippen molar-refractivity contribution in [1.82, 2.24) is 14.8 Å². The number of aromatic nitrogens is 3. The molecule has 0 aliphatic carbocycles. The van der Waals surface area contributed by atoms with Gasteiger partial charge in [-0.25, -0.2) is 4.39 Å². The molecule has 2 heterocycles. The van der Waals surface area contributed by atoms with Gasteiger partial charge in [0.1, 0.15) is 11.6 Å². The highest BCUT2D eigenvalue weighted by molar-refractivity contribution is 8.00. The highest BCUT2D eigenvalue weighted by Crippen LogP contribution is 2.32. The predicted molar refractivity (Wildman–Crippen MR) is 114 cm³/mol. The van der Waals surface area contributed by atoms with E-state index in [4.69, 9.17) is 4.42 Å². The number of anilines is 1. The summed E-state index contributed by atoms with van der Waals surface area (Å²) in [5.74, 6) is 0.701. The summed E-state index contributed by atoms with van der Waals surface area (Å²) < 4.78 is 20.7. The van der Waals surface area contributed by atoms with Crippen molar-refractivity contribution in [3.63, 3.8) is 0 Å². The molecule has 0 aliphatic heterocycles. The van der Waals surface area contributed by atoms with Crippen LogP contribution in [0.1, 0.15) is 12.7 Å². The van der Waals surface area contributed by atoms with E-state index in [1.54, 1.807) is 25.3 Å². The minimum atomic E-state index is -0.488. The van der Waals surface area contributed by atoms with Gasteiger partial charge in [0, 0.05) is 11.4 Å². The Kier molecular flexibility index (Phi) is 5.67. The minimum absolute atomic E-state index is 0.255. The molecular formula is C22H19FN4O2S. The molecule has 8 heteroatoms. The van der Waals surface area contributed by atoms with E-state index in [1.165, 1.54) is 23.9 Å². The van der Waals surface area contributed by atoms with Crippen LogP contribution >= 0.6 is 11.8 Å². The number of halogens is 1. The molecule has 0 bridgehead atoms. The molecule has 4 aromatic rings. The molecule has 2 aromatic carbocycles. The molecule has 0 aliphatic rings. The summed E-state index contributed by atoms with van der Waals surface area (Å²) in [4.78, 5) is 12.6. The average Bonchev–Trinajstić information content (AvgIpc) is 3.34. The number of hydrogen-bond acceptors (Lipinski definition) is 5. The Hall–Kier alpha value is -3.39. The van der Waals surface area contributed by atoms with Crippen LogP contribution in [0.25, 0.3) is 17.1 Å². The number of nitrogens with zero attached hydrogens (tertiary/aromatic N) is 3. The molecule has 1 amide bonds. The molecule has 2 aromatic heterocycles. The molecule has 0 saturated carbocycles. The molecule has 6 nitrogen and oxygen atoms in total. The summed E-state index contributed by atoms with van der Waals surface area (Å²) in [6, 6.07) is 17.3. The number of carbonyl (C=O) groups is 1. The number of aryl methyl sites for hydroxylation is 1. The fraction of sp³-hybridized carbons (Fsp3) is 0.136. The zero-order chi connectivity index (χ0) is 21.1. The van der Waals surface area contributed by atoms with Gasteiger partial charge < -0.3 is 9.73 Å². The Bertz CT molecular complexity index is 1170. The lowest BCUT2D eigenvalue weighted by atomic mass is 10.2. The molecule has 0 fully saturated rings. The first-order valence-electron chi connectivity index (χ1n) is 9.31. The molecule has 1 unspecified atom stereocenters. The maximum absolute atomic E-state index is 13.4. The number of amides is 1. The van der Waals surface area contributed by atoms with Gasteiger partial charge in [0.05, 0.1) is 17.1 Å². The highest BCUT2D eigenvalue weighted by atomic mass is 32.2. The zero-order valence-corrected chi connectivity index (χ0v) is 17.2. The van der Waals surface area contributed by atoms with Crippen LogP contribution in [-0.4, -0.2) is 25.9 Å². The van der Waals surface area contributed by atoms with E-state index in [0.717, 1.165) is 17.0 Å². The Morgan fingerprint density at radius 3 is 2.63 bits per heavy atom. The molecule has 30 heavy (non-hydrogen) atoms. The lowest BCUT2D eigenvalue weighted by Crippen LogP contribution is -2.23. The van der Waals surface area contributed by atoms with Crippen LogP contribution in [0.5, 0.6) is 0 Å². The van der Waals surface area contributed by atoms with E-state index in [1.807, 2.05) is 47.9 Å². The van der Waals surface area contributed by atoms with Crippen molar-refractivity contribution in [1.29, 1.82) is 0 Å². The Balaban J connectivity index is 1.63. The molecule has 0 spiro atoms. The summed E-state index contributed by atoms with van der Waals surface area (Å²) >= 11 is 1.27. The van der Waals surface area contributed by atoms with Crippen molar-refractivity contribution in [3.05, 3.63) is 78.5 Å². The first-order chi connectivity index (χ1) is 14.5. The van der Waals surface area contributed by atoms with Crippen LogP contribution in [0.2, 0.25) is 0 Å². The van der Waals surface area contributed by atoms with Gasteiger partial charge in [0.25, 0.3) is 0 Å². The van der Waals surface area contributed by atoms with Gasteiger partial charge in [0.15, 0.2) is 11.0 Å². The van der Waals surface area contributed by atoms with Crippen LogP contribution in [-0.2, 0) is 4.79 Å².